The van der Waals surface area contributed by atoms with Gasteiger partial charge in [0.2, 0.25) is 0 Å². The lowest BCUT2D eigenvalue weighted by atomic mass is 9.96. The number of nitrogens with zero attached hydrogens (tertiary/aromatic N) is 3. The van der Waals surface area contributed by atoms with Crippen LogP contribution in [0.4, 0.5) is 0 Å². The highest BCUT2D eigenvalue weighted by atomic mass is 35.5. The largest absolute Gasteiger partial charge is 0.361 e. The molecule has 7 nitrogen and oxygen atoms in total. The predicted molar refractivity (Wildman–Crippen MR) is 126 cm³/mol. The molecule has 1 N–H and O–H groups in total. The Balaban J connectivity index is 1.50. The van der Waals surface area contributed by atoms with E-state index in [0.717, 1.165) is 41.0 Å². The van der Waals surface area contributed by atoms with E-state index >= 15 is 0 Å². The third kappa shape index (κ3) is 4.66. The van der Waals surface area contributed by atoms with Crippen LogP contribution in [0, 0.1) is 11.3 Å². The number of hydrogen-bond donors (Lipinski definition) is 1. The molecule has 2 aromatic rings. The van der Waals surface area contributed by atoms with E-state index in [1.807, 2.05) is 4.90 Å². The number of carbonyl (C=O) groups excluding carboxylic acids is 1. The fourth-order valence-corrected chi connectivity index (χ4v) is 5.39. The minimum atomic E-state index is -3.87. The first-order chi connectivity index (χ1) is 15.2. The minimum Gasteiger partial charge on any atom is -0.361 e. The van der Waals surface area contributed by atoms with Gasteiger partial charge in [-0.25, -0.2) is 12.7 Å². The maximum absolute atomic E-state index is 13.2. The fraction of sp³-hybridized carbons (Fsp3) is 0.304. The van der Waals surface area contributed by atoms with Crippen molar-refractivity contribution in [2.75, 3.05) is 19.6 Å². The van der Waals surface area contributed by atoms with Crippen molar-refractivity contribution in [2.24, 2.45) is 5.92 Å². The van der Waals surface area contributed by atoms with Gasteiger partial charge in [0.1, 0.15) is 0 Å². The monoisotopic (exact) mass is 472 g/mol. The lowest BCUT2D eigenvalue weighted by Gasteiger charge is -2.34. The van der Waals surface area contributed by atoms with Gasteiger partial charge in [0, 0.05) is 49.3 Å². The van der Waals surface area contributed by atoms with Gasteiger partial charge in [0.25, 0.3) is 15.9 Å². The fourth-order valence-electron chi connectivity index (χ4n) is 4.02. The lowest BCUT2D eigenvalue weighted by Crippen LogP contribution is -2.40. The van der Waals surface area contributed by atoms with Crippen molar-refractivity contribution in [2.45, 2.75) is 24.7 Å². The maximum Gasteiger partial charge on any atom is 0.267 e. The van der Waals surface area contributed by atoms with Gasteiger partial charge in [-0.05, 0) is 60.7 Å². The molecule has 2 aliphatic rings. The molecule has 4 rings (SSSR count). The summed E-state index contributed by atoms with van der Waals surface area (Å²) in [4.78, 5) is 16.3. The standard InChI is InChI=1S/C23H25ClN4O3S/c1-17(25)26-9-6-18(7-10-26)16-27-12-13-28(11-8-23(27)29)32(30,31)22-5-3-19-14-21(24)4-2-20(19)15-22/h2-5,8,11-15,18,25H,6-7,9-10,16H2,1H3. The Morgan fingerprint density at radius 2 is 1.75 bits per heavy atom. The molecule has 1 fully saturated rings. The predicted octanol–water partition coefficient (Wildman–Crippen LogP) is 4.02. The molecule has 2 aliphatic heterocycles. The highest BCUT2D eigenvalue weighted by molar-refractivity contribution is 7.89. The number of sulfonamides is 1. The van der Waals surface area contributed by atoms with Crippen LogP contribution in [0.3, 0.4) is 0 Å². The van der Waals surface area contributed by atoms with E-state index in [0.29, 0.717) is 23.3 Å². The summed E-state index contributed by atoms with van der Waals surface area (Å²) >= 11 is 6.01. The molecule has 2 aromatic carbocycles. The molecule has 2 heterocycles. The van der Waals surface area contributed by atoms with Gasteiger partial charge in [0.15, 0.2) is 0 Å². The number of rotatable bonds is 4. The number of carbonyl (C=O) groups is 1. The molecule has 0 bridgehead atoms. The van der Waals surface area contributed by atoms with Gasteiger partial charge in [0.05, 0.1) is 10.7 Å². The number of benzene rings is 2. The average Bonchev–Trinajstić information content (AvgIpc) is 2.95. The molecule has 1 amide bonds. The molecular formula is C23H25ClN4O3S. The average molecular weight is 473 g/mol. The molecule has 0 spiro atoms. The summed E-state index contributed by atoms with van der Waals surface area (Å²) in [5.41, 5.74) is 0. The van der Waals surface area contributed by atoms with Crippen LogP contribution in [0.2, 0.25) is 5.02 Å². The van der Waals surface area contributed by atoms with Crippen molar-refractivity contribution in [3.05, 3.63) is 66.1 Å². The van der Waals surface area contributed by atoms with Crippen LogP contribution in [0.5, 0.6) is 0 Å². The molecule has 1 saturated heterocycles. The zero-order valence-corrected chi connectivity index (χ0v) is 19.3. The second-order valence-corrected chi connectivity index (χ2v) is 10.4. The molecule has 0 unspecified atom stereocenters. The zero-order chi connectivity index (χ0) is 22.9. The third-order valence-electron chi connectivity index (χ3n) is 5.93. The molecule has 0 saturated carbocycles. The molecule has 0 aromatic heterocycles. The van der Waals surface area contributed by atoms with Crippen molar-refractivity contribution in [1.82, 2.24) is 14.1 Å². The molecule has 0 atom stereocenters. The van der Waals surface area contributed by atoms with Crippen molar-refractivity contribution in [1.29, 1.82) is 5.41 Å². The van der Waals surface area contributed by atoms with Gasteiger partial charge in [-0.1, -0.05) is 23.7 Å². The quantitative estimate of drug-likeness (QED) is 0.538. The highest BCUT2D eigenvalue weighted by Crippen LogP contribution is 2.26. The summed E-state index contributed by atoms with van der Waals surface area (Å²) in [6.07, 6.45) is 7.31. The lowest BCUT2D eigenvalue weighted by molar-refractivity contribution is -0.124. The maximum atomic E-state index is 13.2. The Labute approximate surface area is 193 Å². The van der Waals surface area contributed by atoms with Crippen LogP contribution >= 0.6 is 11.6 Å². The molecule has 32 heavy (non-hydrogen) atoms. The summed E-state index contributed by atoms with van der Waals surface area (Å²) < 4.78 is 27.5. The molecule has 0 radical (unpaired) electrons. The second kappa shape index (κ2) is 8.96. The Bertz CT molecular complexity index is 1220. The van der Waals surface area contributed by atoms with Gasteiger partial charge in [-0.2, -0.15) is 0 Å². The van der Waals surface area contributed by atoms with E-state index in [-0.39, 0.29) is 10.8 Å². The summed E-state index contributed by atoms with van der Waals surface area (Å²) in [6, 6.07) is 10.1. The first kappa shape index (κ1) is 22.4. The van der Waals surface area contributed by atoms with Crippen LogP contribution in [0.15, 0.2) is 66.0 Å². The minimum absolute atomic E-state index is 0.136. The van der Waals surface area contributed by atoms with E-state index in [9.17, 15) is 13.2 Å². The third-order valence-corrected chi connectivity index (χ3v) is 7.82. The SMILES string of the molecule is CC(=N)N1CCC(CN2C=CN(S(=O)(=O)c3ccc4cc(Cl)ccc4c3)C=CC2=O)CC1. The van der Waals surface area contributed by atoms with E-state index in [4.69, 9.17) is 17.0 Å². The number of piperidine rings is 1. The topological polar surface area (TPSA) is 84.8 Å². The van der Waals surface area contributed by atoms with E-state index < -0.39 is 10.0 Å². The van der Waals surface area contributed by atoms with E-state index in [1.165, 1.54) is 24.7 Å². The van der Waals surface area contributed by atoms with Gasteiger partial charge in [-0.15, -0.1) is 0 Å². The van der Waals surface area contributed by atoms with Gasteiger partial charge in [-0.3, -0.25) is 10.2 Å². The van der Waals surface area contributed by atoms with Crippen LogP contribution in [-0.4, -0.2) is 53.9 Å². The van der Waals surface area contributed by atoms with Crippen molar-refractivity contribution in [3.8, 4) is 0 Å². The van der Waals surface area contributed by atoms with Crippen LogP contribution < -0.4 is 0 Å². The Morgan fingerprint density at radius 1 is 1.06 bits per heavy atom. The normalized spacial score (nSPS) is 17.8. The molecule has 168 valence electrons. The summed E-state index contributed by atoms with van der Waals surface area (Å²) in [6.45, 7) is 3.91. The van der Waals surface area contributed by atoms with Gasteiger partial charge >= 0.3 is 0 Å². The van der Waals surface area contributed by atoms with Gasteiger partial charge < -0.3 is 9.80 Å². The van der Waals surface area contributed by atoms with E-state index in [2.05, 4.69) is 0 Å². The summed E-state index contributed by atoms with van der Waals surface area (Å²) in [7, 11) is -3.87. The number of amidine groups is 1. The van der Waals surface area contributed by atoms with Crippen LogP contribution in [0.25, 0.3) is 10.8 Å². The van der Waals surface area contributed by atoms with E-state index in [1.54, 1.807) is 48.2 Å². The number of nitrogens with one attached hydrogen (secondary N) is 1. The van der Waals surface area contributed by atoms with Crippen LogP contribution in [-0.2, 0) is 14.8 Å². The first-order valence-corrected chi connectivity index (χ1v) is 12.3. The number of amides is 1. The number of halogens is 1. The first-order valence-electron chi connectivity index (χ1n) is 10.4. The Morgan fingerprint density at radius 3 is 2.47 bits per heavy atom. The van der Waals surface area contributed by atoms with Crippen molar-refractivity contribution < 1.29 is 13.2 Å². The second-order valence-electron chi connectivity index (χ2n) is 8.11. The highest BCUT2D eigenvalue weighted by Gasteiger charge is 2.26. The Kier molecular flexibility index (Phi) is 6.26. The molecular weight excluding hydrogens is 448 g/mol. The number of fused-ring (bicyclic) bond motifs is 1. The van der Waals surface area contributed by atoms with Crippen molar-refractivity contribution in [3.63, 3.8) is 0 Å². The molecule has 9 heteroatoms. The Hall–Kier alpha value is -2.84. The van der Waals surface area contributed by atoms with Crippen molar-refractivity contribution >= 4 is 44.1 Å². The summed E-state index contributed by atoms with van der Waals surface area (Å²) in [5, 5.41) is 9.95. The number of likely N-dealkylation sites (tertiary alicyclic amines) is 1. The smallest absolute Gasteiger partial charge is 0.267 e. The zero-order valence-electron chi connectivity index (χ0n) is 17.7. The number of hydrogen-bond acceptors (Lipinski definition) is 4. The summed E-state index contributed by atoms with van der Waals surface area (Å²) in [5.74, 6) is 0.621. The molecule has 0 aliphatic carbocycles. The van der Waals surface area contributed by atoms with Crippen LogP contribution in [0.1, 0.15) is 19.8 Å².